The fourth-order valence-electron chi connectivity index (χ4n) is 1.13. The van der Waals surface area contributed by atoms with Gasteiger partial charge in [-0.25, -0.2) is 9.78 Å². The first-order valence-corrected chi connectivity index (χ1v) is 3.83. The highest BCUT2D eigenvalue weighted by atomic mass is 16.4. The third-order valence-corrected chi connectivity index (χ3v) is 1.88. The fraction of sp³-hybridized carbons (Fsp3) is 0.375. The van der Waals surface area contributed by atoms with Gasteiger partial charge >= 0.3 is 5.97 Å². The highest BCUT2D eigenvalue weighted by molar-refractivity contribution is 5.78. The van der Waals surface area contributed by atoms with Gasteiger partial charge in [0.15, 0.2) is 5.82 Å². The summed E-state index contributed by atoms with van der Waals surface area (Å²) >= 11 is 0. The van der Waals surface area contributed by atoms with Crippen LogP contribution in [0.4, 0.5) is 0 Å². The summed E-state index contributed by atoms with van der Waals surface area (Å²) in [5.74, 6) is -1.53. The first-order valence-electron chi connectivity index (χ1n) is 3.83. The Balaban J connectivity index is 3.20. The number of hydrogen-bond acceptors (Lipinski definition) is 4. The van der Waals surface area contributed by atoms with Gasteiger partial charge in [-0.2, -0.15) is 5.26 Å². The minimum absolute atomic E-state index is 0.0495. The largest absolute Gasteiger partial charge is 0.479 e. The topological polar surface area (TPSA) is 99.1 Å². The molecule has 1 unspecified atom stereocenters. The minimum Gasteiger partial charge on any atom is -0.479 e. The normalized spacial score (nSPS) is 14.4. The summed E-state index contributed by atoms with van der Waals surface area (Å²) in [5, 5.41) is 27.0. The van der Waals surface area contributed by atoms with E-state index >= 15 is 0 Å². The molecule has 1 atom stereocenters. The van der Waals surface area contributed by atoms with E-state index in [1.54, 1.807) is 13.1 Å². The summed E-state index contributed by atoms with van der Waals surface area (Å²) in [6, 6.07) is 1.62. The van der Waals surface area contributed by atoms with Crippen LogP contribution >= 0.6 is 0 Å². The van der Waals surface area contributed by atoms with Crippen molar-refractivity contribution in [3.8, 4) is 6.07 Å². The Morgan fingerprint density at radius 1 is 1.86 bits per heavy atom. The van der Waals surface area contributed by atoms with Crippen LogP contribution in [0.25, 0.3) is 0 Å². The number of aromatic nitrogens is 2. The van der Waals surface area contributed by atoms with Gasteiger partial charge in [-0.15, -0.1) is 0 Å². The van der Waals surface area contributed by atoms with E-state index in [2.05, 4.69) is 4.98 Å². The molecule has 0 aliphatic rings. The zero-order valence-electron chi connectivity index (χ0n) is 7.51. The van der Waals surface area contributed by atoms with Crippen molar-refractivity contribution in [1.29, 1.82) is 5.26 Å². The number of aliphatic hydroxyl groups is 1. The number of aryl methyl sites for hydroxylation is 1. The summed E-state index contributed by atoms with van der Waals surface area (Å²) in [4.78, 5) is 14.5. The third-order valence-electron chi connectivity index (χ3n) is 1.88. The van der Waals surface area contributed by atoms with E-state index in [1.807, 2.05) is 0 Å². The standard InChI is InChI=1S/C8H9N3O3/c1-11-5-4-10-6(11)8(14,2-3-9)7(12)13/h4-5,14H,2H2,1H3,(H,12,13). The van der Waals surface area contributed by atoms with Crippen molar-refractivity contribution in [2.75, 3.05) is 0 Å². The number of carbonyl (C=O) groups is 1. The van der Waals surface area contributed by atoms with Crippen LogP contribution in [0.3, 0.4) is 0 Å². The van der Waals surface area contributed by atoms with E-state index in [0.29, 0.717) is 0 Å². The van der Waals surface area contributed by atoms with Crippen molar-refractivity contribution in [2.45, 2.75) is 12.0 Å². The molecule has 6 nitrogen and oxygen atoms in total. The molecule has 1 aromatic heterocycles. The molecule has 2 N–H and O–H groups in total. The molecule has 0 aliphatic carbocycles. The van der Waals surface area contributed by atoms with Crippen molar-refractivity contribution in [1.82, 2.24) is 9.55 Å². The highest BCUT2D eigenvalue weighted by Crippen LogP contribution is 2.22. The van der Waals surface area contributed by atoms with Crippen molar-refractivity contribution in [2.24, 2.45) is 7.05 Å². The molecule has 0 fully saturated rings. The summed E-state index contributed by atoms with van der Waals surface area (Å²) in [6.45, 7) is 0. The summed E-state index contributed by atoms with van der Waals surface area (Å²) < 4.78 is 1.37. The first-order chi connectivity index (χ1) is 6.52. The maximum atomic E-state index is 10.8. The number of hydrogen-bond donors (Lipinski definition) is 2. The molecule has 0 saturated carbocycles. The van der Waals surface area contributed by atoms with Crippen molar-refractivity contribution >= 4 is 5.97 Å². The fourth-order valence-corrected chi connectivity index (χ4v) is 1.13. The molecular weight excluding hydrogens is 186 g/mol. The minimum atomic E-state index is -2.23. The van der Waals surface area contributed by atoms with Gasteiger partial charge in [0.1, 0.15) is 0 Å². The van der Waals surface area contributed by atoms with Crippen molar-refractivity contribution < 1.29 is 15.0 Å². The van der Waals surface area contributed by atoms with Gasteiger partial charge in [-0.3, -0.25) is 0 Å². The average Bonchev–Trinajstić information content (AvgIpc) is 2.51. The van der Waals surface area contributed by atoms with E-state index in [1.165, 1.54) is 17.0 Å². The van der Waals surface area contributed by atoms with E-state index in [0.717, 1.165) is 0 Å². The van der Waals surface area contributed by atoms with Gasteiger partial charge < -0.3 is 14.8 Å². The molecule has 0 aromatic carbocycles. The van der Waals surface area contributed by atoms with Crippen LogP contribution in [0.2, 0.25) is 0 Å². The van der Waals surface area contributed by atoms with Crippen LogP contribution in [0, 0.1) is 11.3 Å². The number of carboxylic acid groups (broad SMARTS) is 1. The van der Waals surface area contributed by atoms with Crippen LogP contribution in [-0.4, -0.2) is 25.7 Å². The van der Waals surface area contributed by atoms with Crippen molar-refractivity contribution in [3.63, 3.8) is 0 Å². The van der Waals surface area contributed by atoms with Gasteiger partial charge in [-0.05, 0) is 0 Å². The second-order valence-corrected chi connectivity index (χ2v) is 2.86. The molecule has 1 aromatic rings. The zero-order valence-corrected chi connectivity index (χ0v) is 7.51. The number of nitrogens with zero attached hydrogens (tertiary/aromatic N) is 3. The zero-order chi connectivity index (χ0) is 10.8. The van der Waals surface area contributed by atoms with Crippen LogP contribution in [0.1, 0.15) is 12.2 Å². The summed E-state index contributed by atoms with van der Waals surface area (Å²) in [5.41, 5.74) is -2.23. The molecule has 14 heavy (non-hydrogen) atoms. The lowest BCUT2D eigenvalue weighted by Gasteiger charge is -2.19. The predicted octanol–water partition coefficient (Wildman–Crippen LogP) is -0.394. The molecule has 0 bridgehead atoms. The monoisotopic (exact) mass is 195 g/mol. The lowest BCUT2D eigenvalue weighted by molar-refractivity contribution is -0.160. The molecule has 1 heterocycles. The van der Waals surface area contributed by atoms with Crippen LogP contribution in [0.5, 0.6) is 0 Å². The SMILES string of the molecule is Cn1ccnc1C(O)(CC#N)C(=O)O. The first kappa shape index (κ1) is 10.2. The number of aliphatic carboxylic acids is 1. The Morgan fingerprint density at radius 3 is 2.86 bits per heavy atom. The van der Waals surface area contributed by atoms with Crippen LogP contribution < -0.4 is 0 Å². The van der Waals surface area contributed by atoms with E-state index in [9.17, 15) is 9.90 Å². The summed E-state index contributed by atoms with van der Waals surface area (Å²) in [7, 11) is 1.55. The van der Waals surface area contributed by atoms with Gasteiger partial charge in [0.25, 0.3) is 0 Å². The number of carboxylic acids is 1. The lowest BCUT2D eigenvalue weighted by atomic mass is 10.00. The molecular formula is C8H9N3O3. The molecule has 0 spiro atoms. The van der Waals surface area contributed by atoms with Crippen molar-refractivity contribution in [3.05, 3.63) is 18.2 Å². The second-order valence-electron chi connectivity index (χ2n) is 2.86. The Morgan fingerprint density at radius 2 is 2.50 bits per heavy atom. The Kier molecular flexibility index (Phi) is 2.53. The molecule has 1 rings (SSSR count). The highest BCUT2D eigenvalue weighted by Gasteiger charge is 2.41. The Labute approximate surface area is 80.0 Å². The van der Waals surface area contributed by atoms with Gasteiger partial charge in [0.05, 0.1) is 12.5 Å². The quantitative estimate of drug-likeness (QED) is 0.684. The van der Waals surface area contributed by atoms with E-state index < -0.39 is 18.0 Å². The summed E-state index contributed by atoms with van der Waals surface area (Å²) in [6.07, 6.45) is 2.33. The average molecular weight is 195 g/mol. The number of nitriles is 1. The number of imidazole rings is 1. The number of rotatable bonds is 3. The Hall–Kier alpha value is -1.87. The maximum absolute atomic E-state index is 10.8. The molecule has 0 aliphatic heterocycles. The Bertz CT molecular complexity index is 393. The third kappa shape index (κ3) is 1.45. The second kappa shape index (κ2) is 3.47. The molecule has 0 amide bonds. The molecule has 0 saturated heterocycles. The predicted molar refractivity (Wildman–Crippen MR) is 45.0 cm³/mol. The lowest BCUT2D eigenvalue weighted by Crippen LogP contribution is -2.37. The van der Waals surface area contributed by atoms with E-state index in [4.69, 9.17) is 10.4 Å². The maximum Gasteiger partial charge on any atom is 0.344 e. The molecule has 6 heteroatoms. The van der Waals surface area contributed by atoms with Gasteiger partial charge in [-0.1, -0.05) is 0 Å². The van der Waals surface area contributed by atoms with Crippen LogP contribution in [-0.2, 0) is 17.4 Å². The van der Waals surface area contributed by atoms with Gasteiger partial charge in [0, 0.05) is 19.4 Å². The van der Waals surface area contributed by atoms with Gasteiger partial charge in [0.2, 0.25) is 5.60 Å². The molecule has 74 valence electrons. The smallest absolute Gasteiger partial charge is 0.344 e. The van der Waals surface area contributed by atoms with E-state index in [-0.39, 0.29) is 5.82 Å². The molecule has 0 radical (unpaired) electrons. The van der Waals surface area contributed by atoms with Crippen LogP contribution in [0.15, 0.2) is 12.4 Å².